The van der Waals surface area contributed by atoms with Gasteiger partial charge in [-0.25, -0.2) is 0 Å². The molecular weight excluding hydrogens is 372 g/mol. The van der Waals surface area contributed by atoms with E-state index in [1.54, 1.807) is 18.6 Å². The molecule has 0 aliphatic carbocycles. The summed E-state index contributed by atoms with van der Waals surface area (Å²) in [6.07, 6.45) is 8.89. The Labute approximate surface area is 180 Å². The van der Waals surface area contributed by atoms with Crippen LogP contribution in [0, 0.1) is 0 Å². The molecule has 1 aromatic heterocycles. The van der Waals surface area contributed by atoms with E-state index in [1.807, 2.05) is 43.2 Å². The number of hydrogen-bond donors (Lipinski definition) is 1. The molecule has 0 aliphatic heterocycles. The van der Waals surface area contributed by atoms with Crippen LogP contribution in [0.25, 0.3) is 0 Å². The van der Waals surface area contributed by atoms with Crippen molar-refractivity contribution in [2.45, 2.75) is 45.7 Å². The Hall–Kier alpha value is -3.21. The van der Waals surface area contributed by atoms with E-state index in [0.29, 0.717) is 6.54 Å². The van der Waals surface area contributed by atoms with Crippen LogP contribution in [-0.2, 0) is 16.8 Å². The number of benzene rings is 1. The molecule has 1 heterocycles. The molecule has 5 heteroatoms. The van der Waals surface area contributed by atoms with Crippen molar-refractivity contribution in [2.75, 3.05) is 11.9 Å². The lowest BCUT2D eigenvalue weighted by Crippen LogP contribution is -2.46. The quantitative estimate of drug-likeness (QED) is 0.514. The van der Waals surface area contributed by atoms with Crippen molar-refractivity contribution < 1.29 is 4.79 Å². The first-order valence-corrected chi connectivity index (χ1v) is 10.1. The normalized spacial score (nSPS) is 13.2. The summed E-state index contributed by atoms with van der Waals surface area (Å²) in [5.74, 6) is -0.116. The van der Waals surface area contributed by atoms with Crippen LogP contribution in [0.5, 0.6) is 0 Å². The van der Waals surface area contributed by atoms with Gasteiger partial charge >= 0.3 is 0 Å². The number of anilines is 1. The summed E-state index contributed by atoms with van der Waals surface area (Å²) in [4.78, 5) is 23.2. The molecule has 0 fully saturated rings. The fourth-order valence-electron chi connectivity index (χ4n) is 3.19. The zero-order valence-corrected chi connectivity index (χ0v) is 18.6. The Morgan fingerprint density at radius 1 is 1.27 bits per heavy atom. The summed E-state index contributed by atoms with van der Waals surface area (Å²) in [6.45, 7) is 12.4. The third-order valence-electron chi connectivity index (χ3n) is 4.88. The first-order chi connectivity index (χ1) is 14.3. The van der Waals surface area contributed by atoms with Gasteiger partial charge in [0, 0.05) is 43.4 Å². The molecule has 2 rings (SSSR count). The third kappa shape index (κ3) is 6.14. The number of rotatable bonds is 8. The van der Waals surface area contributed by atoms with Gasteiger partial charge in [-0.2, -0.15) is 0 Å². The average Bonchev–Trinajstić information content (AvgIpc) is 2.73. The first kappa shape index (κ1) is 23.1. The minimum absolute atomic E-state index is 0.0698. The second kappa shape index (κ2) is 10.5. The van der Waals surface area contributed by atoms with Crippen molar-refractivity contribution in [3.63, 3.8) is 0 Å². The largest absolute Gasteiger partial charge is 0.359 e. The van der Waals surface area contributed by atoms with Crippen molar-refractivity contribution in [1.82, 2.24) is 10.3 Å². The summed E-state index contributed by atoms with van der Waals surface area (Å²) in [6, 6.07) is 11.6. The number of aliphatic imine (C=N–C) groups is 1. The van der Waals surface area contributed by atoms with Crippen molar-refractivity contribution in [1.29, 1.82) is 0 Å². The number of carbonyl (C=O) groups excluding carboxylic acids is 1. The number of hydrogen-bond acceptors (Lipinski definition) is 4. The minimum atomic E-state index is -0.552. The highest BCUT2D eigenvalue weighted by molar-refractivity contribution is 5.89. The Balaban J connectivity index is 2.33. The molecular formula is C25H32N4O. The predicted octanol–water partition coefficient (Wildman–Crippen LogP) is 4.66. The van der Waals surface area contributed by atoms with E-state index in [2.05, 4.69) is 67.0 Å². The molecule has 0 saturated heterocycles. The highest BCUT2D eigenvalue weighted by atomic mass is 16.2. The van der Waals surface area contributed by atoms with Crippen molar-refractivity contribution >= 4 is 18.3 Å². The highest BCUT2D eigenvalue weighted by Gasteiger charge is 2.27. The predicted molar refractivity (Wildman–Crippen MR) is 126 cm³/mol. The van der Waals surface area contributed by atoms with Crippen LogP contribution in [0.4, 0.5) is 5.69 Å². The van der Waals surface area contributed by atoms with Crippen LogP contribution in [0.15, 0.2) is 77.7 Å². The molecule has 0 spiro atoms. The SMILES string of the molecule is C=N/C=C(\C=C/C)C(C(=O)NCc1cccnc1)N(C)c1ccc(C(C)(C)C)cc1. The molecule has 2 aromatic rings. The van der Waals surface area contributed by atoms with E-state index in [1.165, 1.54) is 5.56 Å². The fourth-order valence-corrected chi connectivity index (χ4v) is 3.19. The van der Waals surface area contributed by atoms with Crippen molar-refractivity contribution in [3.8, 4) is 0 Å². The van der Waals surface area contributed by atoms with E-state index < -0.39 is 6.04 Å². The summed E-state index contributed by atoms with van der Waals surface area (Å²) < 4.78 is 0. The smallest absolute Gasteiger partial charge is 0.247 e. The second-order valence-electron chi connectivity index (χ2n) is 8.20. The van der Waals surface area contributed by atoms with Gasteiger partial charge in [-0.3, -0.25) is 14.8 Å². The van der Waals surface area contributed by atoms with Crippen LogP contribution in [-0.4, -0.2) is 30.7 Å². The van der Waals surface area contributed by atoms with Gasteiger partial charge in [0.25, 0.3) is 0 Å². The third-order valence-corrected chi connectivity index (χ3v) is 4.88. The van der Waals surface area contributed by atoms with Gasteiger partial charge < -0.3 is 10.2 Å². The number of nitrogens with one attached hydrogen (secondary N) is 1. The topological polar surface area (TPSA) is 57.6 Å². The van der Waals surface area contributed by atoms with Gasteiger partial charge in [0.15, 0.2) is 0 Å². The second-order valence-corrected chi connectivity index (χ2v) is 8.20. The van der Waals surface area contributed by atoms with Crippen molar-refractivity contribution in [3.05, 3.63) is 83.8 Å². The Morgan fingerprint density at radius 3 is 2.50 bits per heavy atom. The lowest BCUT2D eigenvalue weighted by atomic mass is 9.87. The van der Waals surface area contributed by atoms with Crippen LogP contribution in [0.3, 0.4) is 0 Å². The molecule has 158 valence electrons. The van der Waals surface area contributed by atoms with Crippen molar-refractivity contribution in [2.24, 2.45) is 4.99 Å². The molecule has 1 aromatic carbocycles. The van der Waals surface area contributed by atoms with Crippen LogP contribution < -0.4 is 10.2 Å². The van der Waals surface area contributed by atoms with Gasteiger partial charge in [0.2, 0.25) is 5.91 Å². The van der Waals surface area contributed by atoms with Crippen LogP contribution in [0.1, 0.15) is 38.8 Å². The number of allylic oxidation sites excluding steroid dienone is 1. The maximum Gasteiger partial charge on any atom is 0.247 e. The first-order valence-electron chi connectivity index (χ1n) is 10.1. The monoisotopic (exact) mass is 404 g/mol. The molecule has 1 atom stereocenters. The number of nitrogens with zero attached hydrogens (tertiary/aromatic N) is 3. The zero-order chi connectivity index (χ0) is 22.1. The lowest BCUT2D eigenvalue weighted by Gasteiger charge is -2.30. The molecule has 1 N–H and O–H groups in total. The fraction of sp³-hybridized carbons (Fsp3) is 0.320. The van der Waals surface area contributed by atoms with E-state index in [4.69, 9.17) is 0 Å². The summed E-state index contributed by atoms with van der Waals surface area (Å²) in [7, 11) is 1.92. The molecule has 0 aliphatic rings. The molecule has 1 unspecified atom stereocenters. The number of amides is 1. The Morgan fingerprint density at radius 2 is 1.97 bits per heavy atom. The van der Waals surface area contributed by atoms with E-state index in [-0.39, 0.29) is 11.3 Å². The molecule has 0 radical (unpaired) electrons. The highest BCUT2D eigenvalue weighted by Crippen LogP contribution is 2.26. The van der Waals surface area contributed by atoms with E-state index in [0.717, 1.165) is 16.8 Å². The number of carbonyl (C=O) groups is 1. The summed E-state index contributed by atoms with van der Waals surface area (Å²) >= 11 is 0. The summed E-state index contributed by atoms with van der Waals surface area (Å²) in [5, 5.41) is 3.03. The van der Waals surface area contributed by atoms with Gasteiger partial charge in [-0.1, -0.05) is 51.1 Å². The number of aromatic nitrogens is 1. The van der Waals surface area contributed by atoms with Crippen LogP contribution >= 0.6 is 0 Å². The van der Waals surface area contributed by atoms with Gasteiger partial charge in [-0.05, 0) is 48.4 Å². The molecule has 1 amide bonds. The van der Waals surface area contributed by atoms with Crippen LogP contribution in [0.2, 0.25) is 0 Å². The lowest BCUT2D eigenvalue weighted by molar-refractivity contribution is -0.121. The maximum absolute atomic E-state index is 13.2. The standard InChI is InChI=1S/C25H32N4O/c1-7-9-20(18-26-5)23(24(30)28-17-19-10-8-15-27-16-19)29(6)22-13-11-21(12-14-22)25(2,3)4/h7-16,18,23H,5,17H2,1-4,6H3,(H,28,30)/b9-7-,20-18+. The van der Waals surface area contributed by atoms with Gasteiger partial charge in [-0.15, -0.1) is 0 Å². The van der Waals surface area contributed by atoms with Gasteiger partial charge in [0.1, 0.15) is 6.04 Å². The Bertz CT molecular complexity index is 893. The summed E-state index contributed by atoms with van der Waals surface area (Å²) in [5.41, 5.74) is 3.97. The number of likely N-dealkylation sites (N-methyl/N-ethyl adjacent to an activating group) is 1. The molecule has 0 saturated carbocycles. The maximum atomic E-state index is 13.2. The zero-order valence-electron chi connectivity index (χ0n) is 18.6. The minimum Gasteiger partial charge on any atom is -0.359 e. The average molecular weight is 405 g/mol. The number of pyridine rings is 1. The molecule has 5 nitrogen and oxygen atoms in total. The molecule has 30 heavy (non-hydrogen) atoms. The van der Waals surface area contributed by atoms with E-state index >= 15 is 0 Å². The Kier molecular flexibility index (Phi) is 8.10. The van der Waals surface area contributed by atoms with E-state index in [9.17, 15) is 4.79 Å². The molecule has 0 bridgehead atoms. The van der Waals surface area contributed by atoms with Gasteiger partial charge in [0.05, 0.1) is 0 Å².